The normalized spacial score (nSPS) is 50.1. The third-order valence-electron chi connectivity index (χ3n) is 11.0. The molecule has 176 valence electrons. The summed E-state index contributed by atoms with van der Waals surface area (Å²) in [5, 5.41) is 31.2. The smallest absolute Gasteiger partial charge is 0.303 e. The van der Waals surface area contributed by atoms with Crippen LogP contribution in [0.25, 0.3) is 0 Å². The Kier molecular flexibility index (Phi) is 6.14. The zero-order chi connectivity index (χ0) is 22.6. The highest BCUT2D eigenvalue weighted by molar-refractivity contribution is 5.66. The SMILES string of the molecule is C=CCC1(O)C[C@H]2CC[C@@H]3[C@H](CC[C@]4(C)[C@@H]([C@H](C)CCC(=O)O)CC[C@@H]34)[C@@]2(C)CC1O. The topological polar surface area (TPSA) is 77.8 Å². The molecular weight excluding hydrogens is 388 g/mol. The van der Waals surface area contributed by atoms with Crippen LogP contribution in [0.2, 0.25) is 0 Å². The van der Waals surface area contributed by atoms with Gasteiger partial charge in [0.15, 0.2) is 0 Å². The second-order valence-electron chi connectivity index (χ2n) is 12.3. The van der Waals surface area contributed by atoms with Gasteiger partial charge in [-0.2, -0.15) is 0 Å². The Morgan fingerprint density at radius 3 is 2.48 bits per heavy atom. The van der Waals surface area contributed by atoms with Gasteiger partial charge in [0.1, 0.15) is 0 Å². The summed E-state index contributed by atoms with van der Waals surface area (Å²) in [7, 11) is 0. The molecule has 0 aliphatic heterocycles. The van der Waals surface area contributed by atoms with Gasteiger partial charge in [0.25, 0.3) is 0 Å². The number of fused-ring (bicyclic) bond motifs is 5. The minimum absolute atomic E-state index is 0.115. The lowest BCUT2D eigenvalue weighted by atomic mass is 9.43. The lowest BCUT2D eigenvalue weighted by Gasteiger charge is -2.63. The van der Waals surface area contributed by atoms with Gasteiger partial charge >= 0.3 is 5.97 Å². The summed E-state index contributed by atoms with van der Waals surface area (Å²) in [5.74, 6) is 3.01. The molecule has 4 heteroatoms. The molecule has 4 rings (SSSR count). The standard InChI is InChI=1S/C27H44O4/c1-5-13-27(31)15-18-7-8-19-21-10-9-20(17(2)6-11-24(29)30)25(21,3)14-12-22(19)26(18,4)16-23(27)28/h5,17-23,28,31H,1,6-16H2,2-4H3,(H,29,30)/t17-,18-,19+,20-,21+,22+,23?,25-,26+,27?/m1/s1. The second-order valence-corrected chi connectivity index (χ2v) is 12.3. The molecule has 2 unspecified atom stereocenters. The Bertz CT molecular complexity index is 705. The van der Waals surface area contributed by atoms with Gasteiger partial charge in [-0.15, -0.1) is 6.58 Å². The highest BCUT2D eigenvalue weighted by Crippen LogP contribution is 2.69. The highest BCUT2D eigenvalue weighted by Gasteiger charge is 2.62. The molecule has 0 aromatic carbocycles. The van der Waals surface area contributed by atoms with E-state index in [1.807, 2.05) is 0 Å². The molecule has 0 amide bonds. The van der Waals surface area contributed by atoms with E-state index in [2.05, 4.69) is 27.4 Å². The first-order valence-corrected chi connectivity index (χ1v) is 12.8. The van der Waals surface area contributed by atoms with Crippen molar-refractivity contribution in [3.8, 4) is 0 Å². The van der Waals surface area contributed by atoms with E-state index in [9.17, 15) is 15.0 Å². The molecule has 0 bridgehead atoms. The molecule has 0 spiro atoms. The summed E-state index contributed by atoms with van der Waals surface area (Å²) < 4.78 is 0. The van der Waals surface area contributed by atoms with E-state index < -0.39 is 17.7 Å². The molecular formula is C27H44O4. The Balaban J connectivity index is 1.52. The molecule has 4 aliphatic rings. The minimum Gasteiger partial charge on any atom is -0.481 e. The van der Waals surface area contributed by atoms with Crippen LogP contribution in [0.15, 0.2) is 12.7 Å². The number of aliphatic hydroxyl groups is 2. The van der Waals surface area contributed by atoms with Crippen molar-refractivity contribution in [2.24, 2.45) is 46.3 Å². The van der Waals surface area contributed by atoms with Crippen LogP contribution in [0.5, 0.6) is 0 Å². The van der Waals surface area contributed by atoms with Gasteiger partial charge in [-0.1, -0.05) is 26.8 Å². The largest absolute Gasteiger partial charge is 0.481 e. The molecule has 4 aliphatic carbocycles. The molecule has 4 saturated carbocycles. The average Bonchev–Trinajstić information content (AvgIpc) is 3.05. The number of hydrogen-bond acceptors (Lipinski definition) is 3. The maximum atomic E-state index is 11.1. The van der Waals surface area contributed by atoms with Crippen LogP contribution in [0.4, 0.5) is 0 Å². The molecule has 0 saturated heterocycles. The number of hydrogen-bond donors (Lipinski definition) is 3. The summed E-state index contributed by atoms with van der Waals surface area (Å²) >= 11 is 0. The first-order valence-electron chi connectivity index (χ1n) is 12.8. The lowest BCUT2D eigenvalue weighted by Crippen LogP contribution is -2.60. The van der Waals surface area contributed by atoms with Crippen molar-refractivity contribution in [2.75, 3.05) is 0 Å². The molecule has 0 aromatic rings. The van der Waals surface area contributed by atoms with Crippen molar-refractivity contribution in [3.05, 3.63) is 12.7 Å². The summed E-state index contributed by atoms with van der Waals surface area (Å²) in [5.41, 5.74) is -0.552. The maximum absolute atomic E-state index is 11.1. The fourth-order valence-electron chi connectivity index (χ4n) is 9.35. The number of aliphatic hydroxyl groups excluding tert-OH is 1. The minimum atomic E-state index is -1.00. The number of carbonyl (C=O) groups is 1. The lowest BCUT2D eigenvalue weighted by molar-refractivity contribution is -0.196. The summed E-state index contributed by atoms with van der Waals surface area (Å²) in [6.45, 7) is 11.0. The van der Waals surface area contributed by atoms with Gasteiger partial charge in [0.2, 0.25) is 0 Å². The van der Waals surface area contributed by atoms with Gasteiger partial charge in [-0.3, -0.25) is 4.79 Å². The number of carboxylic acids is 1. The van der Waals surface area contributed by atoms with E-state index in [1.165, 1.54) is 32.1 Å². The molecule has 3 N–H and O–H groups in total. The molecule has 4 nitrogen and oxygen atoms in total. The quantitative estimate of drug-likeness (QED) is 0.490. The van der Waals surface area contributed by atoms with Crippen molar-refractivity contribution in [2.45, 2.75) is 103 Å². The number of carboxylic acid groups (broad SMARTS) is 1. The molecule has 0 heterocycles. The predicted octanol–water partition coefficient (Wildman–Crippen LogP) is 5.42. The van der Waals surface area contributed by atoms with Crippen LogP contribution >= 0.6 is 0 Å². The Labute approximate surface area is 188 Å². The highest BCUT2D eigenvalue weighted by atomic mass is 16.4. The first-order chi connectivity index (χ1) is 14.5. The van der Waals surface area contributed by atoms with E-state index in [1.54, 1.807) is 6.08 Å². The summed E-state index contributed by atoms with van der Waals surface area (Å²) in [4.78, 5) is 11.1. The maximum Gasteiger partial charge on any atom is 0.303 e. The Morgan fingerprint density at radius 1 is 1.10 bits per heavy atom. The zero-order valence-electron chi connectivity index (χ0n) is 19.9. The van der Waals surface area contributed by atoms with Crippen LogP contribution < -0.4 is 0 Å². The third kappa shape index (κ3) is 3.70. The average molecular weight is 433 g/mol. The van der Waals surface area contributed by atoms with Gasteiger partial charge < -0.3 is 15.3 Å². The van der Waals surface area contributed by atoms with E-state index in [4.69, 9.17) is 5.11 Å². The Morgan fingerprint density at radius 2 is 1.81 bits per heavy atom. The first kappa shape index (κ1) is 23.3. The van der Waals surface area contributed by atoms with Crippen LogP contribution in [0.3, 0.4) is 0 Å². The van der Waals surface area contributed by atoms with Crippen LogP contribution in [0, 0.1) is 46.3 Å². The van der Waals surface area contributed by atoms with E-state index in [0.717, 1.165) is 24.7 Å². The van der Waals surface area contributed by atoms with Crippen molar-refractivity contribution >= 4 is 5.97 Å². The van der Waals surface area contributed by atoms with E-state index in [-0.39, 0.29) is 11.8 Å². The van der Waals surface area contributed by atoms with Crippen molar-refractivity contribution in [1.82, 2.24) is 0 Å². The van der Waals surface area contributed by atoms with Gasteiger partial charge in [-0.05, 0) is 111 Å². The van der Waals surface area contributed by atoms with Gasteiger partial charge in [0, 0.05) is 6.42 Å². The Hall–Kier alpha value is -0.870. The van der Waals surface area contributed by atoms with Crippen LogP contribution in [-0.2, 0) is 4.79 Å². The fourth-order valence-corrected chi connectivity index (χ4v) is 9.35. The summed E-state index contributed by atoms with van der Waals surface area (Å²) in [6, 6.07) is 0. The van der Waals surface area contributed by atoms with Crippen LogP contribution in [0.1, 0.15) is 91.4 Å². The molecule has 0 radical (unpaired) electrons. The predicted molar refractivity (Wildman–Crippen MR) is 122 cm³/mol. The van der Waals surface area contributed by atoms with Crippen molar-refractivity contribution in [3.63, 3.8) is 0 Å². The molecule has 0 aromatic heterocycles. The van der Waals surface area contributed by atoms with Crippen molar-refractivity contribution in [1.29, 1.82) is 0 Å². The molecule has 10 atom stereocenters. The molecule has 31 heavy (non-hydrogen) atoms. The van der Waals surface area contributed by atoms with Gasteiger partial charge in [0.05, 0.1) is 11.7 Å². The van der Waals surface area contributed by atoms with E-state index in [0.29, 0.717) is 48.3 Å². The molecule has 4 fully saturated rings. The third-order valence-corrected chi connectivity index (χ3v) is 11.0. The van der Waals surface area contributed by atoms with Crippen molar-refractivity contribution < 1.29 is 20.1 Å². The number of aliphatic carboxylic acids is 1. The van der Waals surface area contributed by atoms with Crippen LogP contribution in [-0.4, -0.2) is 33.0 Å². The number of rotatable bonds is 6. The summed E-state index contributed by atoms with van der Waals surface area (Å²) in [6.07, 6.45) is 11.5. The van der Waals surface area contributed by atoms with Gasteiger partial charge in [-0.25, -0.2) is 0 Å². The monoisotopic (exact) mass is 432 g/mol. The second kappa shape index (κ2) is 8.17. The fraction of sp³-hybridized carbons (Fsp3) is 0.889. The zero-order valence-corrected chi connectivity index (χ0v) is 19.9. The van der Waals surface area contributed by atoms with E-state index >= 15 is 0 Å².